The van der Waals surface area contributed by atoms with Crippen LogP contribution in [0.25, 0.3) is 22.1 Å². The summed E-state index contributed by atoms with van der Waals surface area (Å²) in [7, 11) is 1.58. The molecule has 1 unspecified atom stereocenters. The molecular weight excluding hydrogens is 430 g/mol. The number of benzene rings is 1. The van der Waals surface area contributed by atoms with Crippen LogP contribution in [0.1, 0.15) is 23.7 Å². The number of aryl methyl sites for hydroxylation is 1. The van der Waals surface area contributed by atoms with Gasteiger partial charge in [-0.3, -0.25) is 4.79 Å². The molecular formula is C22H18F2N8O. The Labute approximate surface area is 186 Å². The second kappa shape index (κ2) is 7.67. The lowest BCUT2D eigenvalue weighted by atomic mass is 10.1. The lowest BCUT2D eigenvalue weighted by molar-refractivity contribution is -0.125. The van der Waals surface area contributed by atoms with E-state index in [4.69, 9.17) is 5.73 Å². The van der Waals surface area contributed by atoms with E-state index in [1.165, 1.54) is 29.4 Å². The Balaban J connectivity index is 1.59. The van der Waals surface area contributed by atoms with Gasteiger partial charge >= 0.3 is 0 Å². The lowest BCUT2D eigenvalue weighted by Crippen LogP contribution is -2.27. The number of nitrogens with two attached hydrogens (primary N) is 1. The minimum Gasteiger partial charge on any atom is -0.383 e. The summed E-state index contributed by atoms with van der Waals surface area (Å²) in [6.45, 7) is 4.50. The zero-order valence-corrected chi connectivity index (χ0v) is 17.6. The van der Waals surface area contributed by atoms with Crippen molar-refractivity contribution < 1.29 is 13.6 Å². The van der Waals surface area contributed by atoms with Gasteiger partial charge < -0.3 is 15.2 Å². The molecule has 0 spiro atoms. The van der Waals surface area contributed by atoms with E-state index in [0.29, 0.717) is 30.5 Å². The summed E-state index contributed by atoms with van der Waals surface area (Å²) in [6, 6.07) is 1.23. The van der Waals surface area contributed by atoms with Gasteiger partial charge in [-0.15, -0.1) is 0 Å². The van der Waals surface area contributed by atoms with Crippen molar-refractivity contribution in [1.29, 1.82) is 0 Å². The Hall–Kier alpha value is -4.33. The predicted octanol–water partition coefficient (Wildman–Crippen LogP) is 1.93. The fourth-order valence-electron chi connectivity index (χ4n) is 4.07. The molecule has 33 heavy (non-hydrogen) atoms. The van der Waals surface area contributed by atoms with Crippen LogP contribution in [0.15, 0.2) is 31.4 Å². The van der Waals surface area contributed by atoms with E-state index in [1.54, 1.807) is 16.6 Å². The van der Waals surface area contributed by atoms with Crippen molar-refractivity contribution in [3.63, 3.8) is 0 Å². The second-order valence-corrected chi connectivity index (χ2v) is 7.71. The number of anilines is 1. The molecule has 1 saturated heterocycles. The maximum Gasteiger partial charge on any atom is 0.246 e. The monoisotopic (exact) mass is 448 g/mol. The average Bonchev–Trinajstić information content (AvgIpc) is 3.52. The molecule has 1 atom stereocenters. The van der Waals surface area contributed by atoms with Crippen molar-refractivity contribution in [1.82, 2.24) is 34.2 Å². The highest BCUT2D eigenvalue weighted by molar-refractivity contribution is 5.91. The highest BCUT2D eigenvalue weighted by Gasteiger charge is 2.29. The zero-order valence-electron chi connectivity index (χ0n) is 17.6. The van der Waals surface area contributed by atoms with Crippen LogP contribution in [0.3, 0.4) is 0 Å². The molecule has 1 aliphatic rings. The third kappa shape index (κ3) is 3.27. The van der Waals surface area contributed by atoms with E-state index in [9.17, 15) is 13.6 Å². The number of imidazole rings is 1. The number of amides is 1. The normalized spacial score (nSPS) is 15.7. The summed E-state index contributed by atoms with van der Waals surface area (Å²) in [5.74, 6) is 3.36. The molecule has 0 bridgehead atoms. The number of aromatic nitrogens is 6. The number of fused-ring (bicyclic) bond motifs is 2. The Kier molecular flexibility index (Phi) is 4.78. The van der Waals surface area contributed by atoms with E-state index in [0.717, 1.165) is 0 Å². The molecule has 2 N–H and O–H groups in total. The molecule has 1 aliphatic heterocycles. The number of likely N-dealkylation sites (tertiary alicyclic amines) is 1. The van der Waals surface area contributed by atoms with E-state index < -0.39 is 11.6 Å². The van der Waals surface area contributed by atoms with Crippen molar-refractivity contribution in [3.05, 3.63) is 54.3 Å². The van der Waals surface area contributed by atoms with Gasteiger partial charge in [0.1, 0.15) is 23.4 Å². The summed E-state index contributed by atoms with van der Waals surface area (Å²) in [5.41, 5.74) is 6.96. The number of halogens is 2. The summed E-state index contributed by atoms with van der Waals surface area (Å²) in [6.07, 6.45) is 4.65. The van der Waals surface area contributed by atoms with E-state index in [2.05, 4.69) is 38.5 Å². The molecule has 0 saturated carbocycles. The van der Waals surface area contributed by atoms with Gasteiger partial charge in [-0.05, 0) is 24.5 Å². The van der Waals surface area contributed by atoms with Gasteiger partial charge in [0.05, 0.1) is 28.8 Å². The third-order valence-corrected chi connectivity index (χ3v) is 5.71. The molecule has 1 amide bonds. The zero-order chi connectivity index (χ0) is 23.3. The first kappa shape index (κ1) is 20.6. The van der Waals surface area contributed by atoms with Crippen LogP contribution in [0, 0.1) is 23.5 Å². The van der Waals surface area contributed by atoms with Crippen molar-refractivity contribution in [2.75, 3.05) is 18.8 Å². The maximum absolute atomic E-state index is 14.6. The minimum atomic E-state index is -1.07. The fraction of sp³-hybridized carbons (Fsp3) is 0.227. The summed E-state index contributed by atoms with van der Waals surface area (Å²) in [5, 5.41) is 4.96. The SMILES string of the molecule is C=CC(=O)N1CCC(n2nc(C#Cc3cc4ncn(C)c4c(F)c3F)c3c(N)ncnc32)C1. The lowest BCUT2D eigenvalue weighted by Gasteiger charge is -2.14. The quantitative estimate of drug-likeness (QED) is 0.371. The van der Waals surface area contributed by atoms with Gasteiger partial charge in [-0.1, -0.05) is 12.5 Å². The van der Waals surface area contributed by atoms with Crippen LogP contribution in [-0.2, 0) is 11.8 Å². The summed E-state index contributed by atoms with van der Waals surface area (Å²) in [4.78, 5) is 26.0. The van der Waals surface area contributed by atoms with Crippen LogP contribution in [-0.4, -0.2) is 53.2 Å². The minimum absolute atomic E-state index is 0.0604. The van der Waals surface area contributed by atoms with Crippen LogP contribution in [0.4, 0.5) is 14.6 Å². The second-order valence-electron chi connectivity index (χ2n) is 7.71. The largest absolute Gasteiger partial charge is 0.383 e. The van der Waals surface area contributed by atoms with Crippen molar-refractivity contribution in [3.8, 4) is 11.8 Å². The Bertz CT molecular complexity index is 1510. The van der Waals surface area contributed by atoms with Gasteiger partial charge in [-0.25, -0.2) is 28.4 Å². The van der Waals surface area contributed by atoms with Crippen molar-refractivity contribution >= 4 is 33.8 Å². The number of hydrogen-bond acceptors (Lipinski definition) is 6. The Morgan fingerprint density at radius 1 is 1.27 bits per heavy atom. The van der Waals surface area contributed by atoms with E-state index in [-0.39, 0.29) is 40.1 Å². The first-order valence-corrected chi connectivity index (χ1v) is 10.1. The first-order chi connectivity index (χ1) is 15.9. The average molecular weight is 448 g/mol. The number of nitrogen functional groups attached to an aromatic ring is 1. The highest BCUT2D eigenvalue weighted by Crippen LogP contribution is 2.29. The van der Waals surface area contributed by atoms with Crippen LogP contribution >= 0.6 is 0 Å². The molecule has 1 fully saturated rings. The summed E-state index contributed by atoms with van der Waals surface area (Å²) >= 11 is 0. The van der Waals surface area contributed by atoms with Gasteiger partial charge in [0.25, 0.3) is 0 Å². The number of rotatable bonds is 2. The van der Waals surface area contributed by atoms with Crippen LogP contribution in [0.5, 0.6) is 0 Å². The number of carbonyl (C=O) groups excluding carboxylic acids is 1. The smallest absolute Gasteiger partial charge is 0.246 e. The molecule has 9 nitrogen and oxygen atoms in total. The number of hydrogen-bond donors (Lipinski definition) is 1. The van der Waals surface area contributed by atoms with Crippen molar-refractivity contribution in [2.45, 2.75) is 12.5 Å². The first-order valence-electron chi connectivity index (χ1n) is 10.1. The van der Waals surface area contributed by atoms with Crippen LogP contribution in [0.2, 0.25) is 0 Å². The Morgan fingerprint density at radius 2 is 2.09 bits per heavy atom. The van der Waals surface area contributed by atoms with Gasteiger partial charge in [-0.2, -0.15) is 5.10 Å². The molecule has 166 valence electrons. The Morgan fingerprint density at radius 3 is 2.88 bits per heavy atom. The molecule has 5 rings (SSSR count). The van der Waals surface area contributed by atoms with Crippen LogP contribution < -0.4 is 5.73 Å². The summed E-state index contributed by atoms with van der Waals surface area (Å²) < 4.78 is 32.2. The molecule has 0 radical (unpaired) electrons. The van der Waals surface area contributed by atoms with Crippen molar-refractivity contribution in [2.24, 2.45) is 7.05 Å². The maximum atomic E-state index is 14.6. The third-order valence-electron chi connectivity index (χ3n) is 5.71. The van der Waals surface area contributed by atoms with E-state index >= 15 is 0 Å². The molecule has 1 aromatic carbocycles. The molecule has 0 aliphatic carbocycles. The van der Waals surface area contributed by atoms with Gasteiger partial charge in [0.15, 0.2) is 17.3 Å². The standard InChI is InChI=1S/C22H18F2N8O/c1-3-16(33)31-7-6-13(9-31)32-22-17(21(25)26-10-27-22)14(29-32)5-4-12-8-15-20(19(24)18(12)23)30(2)11-28-15/h3,8,10-11,13H,1,6-7,9H2,2H3,(H2,25,26,27). The van der Waals surface area contributed by atoms with Gasteiger partial charge in [0, 0.05) is 20.1 Å². The van der Waals surface area contributed by atoms with E-state index in [1.807, 2.05) is 0 Å². The number of nitrogens with zero attached hydrogens (tertiary/aromatic N) is 7. The van der Waals surface area contributed by atoms with Gasteiger partial charge in [0.2, 0.25) is 5.91 Å². The number of carbonyl (C=O) groups is 1. The topological polar surface area (TPSA) is 108 Å². The fourth-order valence-corrected chi connectivity index (χ4v) is 4.07. The molecule has 4 heterocycles. The highest BCUT2D eigenvalue weighted by atomic mass is 19.2. The molecule has 4 aromatic rings. The molecule has 11 heteroatoms. The predicted molar refractivity (Wildman–Crippen MR) is 117 cm³/mol. The molecule has 3 aromatic heterocycles.